The second-order valence-electron chi connectivity index (χ2n) is 4.40. The fourth-order valence-electron chi connectivity index (χ4n) is 1.52. The third-order valence-electron chi connectivity index (χ3n) is 2.71. The van der Waals surface area contributed by atoms with Crippen molar-refractivity contribution < 1.29 is 13.2 Å². The van der Waals surface area contributed by atoms with Crippen LogP contribution in [-0.4, -0.2) is 50.7 Å². The molecule has 0 spiro atoms. The number of hydrogen-bond donors (Lipinski definition) is 0. The van der Waals surface area contributed by atoms with Gasteiger partial charge in [0.15, 0.2) is 0 Å². The number of hydrogen-bond acceptors (Lipinski definition) is 3. The molecule has 0 saturated carbocycles. The first-order valence-electron chi connectivity index (χ1n) is 5.93. The van der Waals surface area contributed by atoms with E-state index in [9.17, 15) is 8.42 Å². The molecule has 4 nitrogen and oxygen atoms in total. The highest BCUT2D eigenvalue weighted by Crippen LogP contribution is 2.14. The van der Waals surface area contributed by atoms with Crippen molar-refractivity contribution in [3.05, 3.63) is 0 Å². The lowest BCUT2D eigenvalue weighted by Gasteiger charge is -2.28. The maximum absolute atomic E-state index is 12.2. The molecule has 0 N–H and O–H groups in total. The van der Waals surface area contributed by atoms with Crippen LogP contribution >= 0.6 is 11.6 Å². The first-order chi connectivity index (χ1) is 7.88. The van der Waals surface area contributed by atoms with E-state index in [2.05, 4.69) is 0 Å². The van der Waals surface area contributed by atoms with Gasteiger partial charge in [-0.3, -0.25) is 0 Å². The van der Waals surface area contributed by atoms with Crippen LogP contribution in [0.2, 0.25) is 0 Å². The smallest absolute Gasteiger partial charge is 0.214 e. The minimum atomic E-state index is -3.25. The Bertz CT molecular complexity index is 295. The molecule has 0 aromatic rings. The molecule has 17 heavy (non-hydrogen) atoms. The van der Waals surface area contributed by atoms with Crippen LogP contribution in [0.3, 0.4) is 0 Å². The summed E-state index contributed by atoms with van der Waals surface area (Å²) >= 11 is 5.67. The van der Waals surface area contributed by atoms with Crippen LogP contribution in [0.4, 0.5) is 0 Å². The highest BCUT2D eigenvalue weighted by Gasteiger charge is 2.27. The van der Waals surface area contributed by atoms with E-state index in [1.54, 1.807) is 7.11 Å². The zero-order chi connectivity index (χ0) is 13.5. The van der Waals surface area contributed by atoms with Crippen molar-refractivity contribution in [2.75, 3.05) is 31.9 Å². The summed E-state index contributed by atoms with van der Waals surface area (Å²) in [6.07, 6.45) is 0.790. The first-order valence-corrected chi connectivity index (χ1v) is 8.07. The number of rotatable bonds is 9. The molecule has 0 fully saturated rings. The molecule has 0 saturated heterocycles. The van der Waals surface area contributed by atoms with E-state index in [0.717, 1.165) is 6.42 Å². The summed E-state index contributed by atoms with van der Waals surface area (Å²) in [6.45, 7) is 6.56. The van der Waals surface area contributed by atoms with Gasteiger partial charge in [-0.1, -0.05) is 13.8 Å². The molecule has 0 aromatic carbocycles. The quantitative estimate of drug-likeness (QED) is 0.608. The van der Waals surface area contributed by atoms with Gasteiger partial charge < -0.3 is 4.74 Å². The molecule has 0 aromatic heterocycles. The van der Waals surface area contributed by atoms with Gasteiger partial charge in [0.1, 0.15) is 0 Å². The van der Waals surface area contributed by atoms with Gasteiger partial charge in [0.25, 0.3) is 0 Å². The zero-order valence-electron chi connectivity index (χ0n) is 11.1. The van der Waals surface area contributed by atoms with Crippen LogP contribution in [0.15, 0.2) is 0 Å². The minimum Gasteiger partial charge on any atom is -0.383 e. The average molecular weight is 286 g/mol. The number of sulfonamides is 1. The summed E-state index contributed by atoms with van der Waals surface area (Å²) in [5.74, 6) is 0.429. The summed E-state index contributed by atoms with van der Waals surface area (Å²) in [4.78, 5) is 0. The molecule has 0 rings (SSSR count). The Hall–Kier alpha value is 0.160. The van der Waals surface area contributed by atoms with Crippen LogP contribution in [0.25, 0.3) is 0 Å². The fraction of sp³-hybridized carbons (Fsp3) is 1.00. The SMILES string of the molecule is CCC(C)N(CCOC)S(=O)(=O)CC(C)CCl. The Morgan fingerprint density at radius 2 is 1.94 bits per heavy atom. The maximum Gasteiger partial charge on any atom is 0.214 e. The lowest BCUT2D eigenvalue weighted by molar-refractivity contribution is 0.167. The van der Waals surface area contributed by atoms with E-state index >= 15 is 0 Å². The van der Waals surface area contributed by atoms with Crippen LogP contribution in [0.5, 0.6) is 0 Å². The zero-order valence-corrected chi connectivity index (χ0v) is 12.7. The Morgan fingerprint density at radius 1 is 1.35 bits per heavy atom. The molecule has 0 amide bonds. The predicted octanol–water partition coefficient (Wildman–Crippen LogP) is 1.94. The molecule has 0 bridgehead atoms. The molecule has 0 aliphatic rings. The Balaban J connectivity index is 4.76. The van der Waals surface area contributed by atoms with Gasteiger partial charge in [0.05, 0.1) is 12.4 Å². The molecule has 0 aliphatic carbocycles. The molecule has 0 heterocycles. The third kappa shape index (κ3) is 6.04. The van der Waals surface area contributed by atoms with Gasteiger partial charge in [-0.25, -0.2) is 8.42 Å². The van der Waals surface area contributed by atoms with Crippen molar-refractivity contribution in [1.82, 2.24) is 4.31 Å². The van der Waals surface area contributed by atoms with Crippen LogP contribution in [0.1, 0.15) is 27.2 Å². The van der Waals surface area contributed by atoms with Crippen molar-refractivity contribution in [2.45, 2.75) is 33.2 Å². The summed E-state index contributed by atoms with van der Waals surface area (Å²) in [5, 5.41) is 0. The maximum atomic E-state index is 12.2. The summed E-state index contributed by atoms with van der Waals surface area (Å²) in [7, 11) is -1.68. The Labute approximate surface area is 110 Å². The first kappa shape index (κ1) is 17.2. The van der Waals surface area contributed by atoms with Gasteiger partial charge in [-0.15, -0.1) is 11.6 Å². The van der Waals surface area contributed by atoms with Gasteiger partial charge in [0, 0.05) is 25.6 Å². The standard InChI is InChI=1S/C11H24ClNO3S/c1-5-11(3)13(6-7-16-4)17(14,15)9-10(2)8-12/h10-11H,5-9H2,1-4H3. The largest absolute Gasteiger partial charge is 0.383 e. The van der Waals surface area contributed by atoms with Gasteiger partial charge in [-0.05, 0) is 19.3 Å². The summed E-state index contributed by atoms with van der Waals surface area (Å²) < 4.78 is 30.9. The number of alkyl halides is 1. The highest BCUT2D eigenvalue weighted by atomic mass is 35.5. The molecular formula is C11H24ClNO3S. The van der Waals surface area contributed by atoms with Crippen LogP contribution in [-0.2, 0) is 14.8 Å². The molecule has 2 unspecified atom stereocenters. The summed E-state index contributed by atoms with van der Waals surface area (Å²) in [6, 6.07) is -0.00215. The molecular weight excluding hydrogens is 262 g/mol. The minimum absolute atomic E-state index is 0.00215. The number of methoxy groups -OCH3 is 1. The highest BCUT2D eigenvalue weighted by molar-refractivity contribution is 7.89. The van der Waals surface area contributed by atoms with Gasteiger partial charge in [0.2, 0.25) is 10.0 Å². The monoisotopic (exact) mass is 285 g/mol. The Morgan fingerprint density at radius 3 is 2.35 bits per heavy atom. The van der Waals surface area contributed by atoms with Crippen LogP contribution < -0.4 is 0 Å². The second kappa shape index (κ2) is 8.29. The van der Waals surface area contributed by atoms with Crippen molar-refractivity contribution in [3.63, 3.8) is 0 Å². The molecule has 2 atom stereocenters. The van der Waals surface area contributed by atoms with Crippen LogP contribution in [0, 0.1) is 5.92 Å². The van der Waals surface area contributed by atoms with E-state index in [0.29, 0.717) is 19.0 Å². The van der Waals surface area contributed by atoms with Crippen molar-refractivity contribution >= 4 is 21.6 Å². The molecule has 6 heteroatoms. The predicted molar refractivity (Wildman–Crippen MR) is 72.0 cm³/mol. The Kier molecular flexibility index (Phi) is 8.37. The topological polar surface area (TPSA) is 46.6 Å². The number of halogens is 1. The fourth-order valence-corrected chi connectivity index (χ4v) is 3.84. The van der Waals surface area contributed by atoms with E-state index in [4.69, 9.17) is 16.3 Å². The van der Waals surface area contributed by atoms with E-state index < -0.39 is 10.0 Å². The average Bonchev–Trinajstić information content (AvgIpc) is 2.28. The summed E-state index contributed by atoms with van der Waals surface area (Å²) in [5.41, 5.74) is 0. The molecule has 0 radical (unpaired) electrons. The van der Waals surface area contributed by atoms with Crippen molar-refractivity contribution in [1.29, 1.82) is 0 Å². The van der Waals surface area contributed by atoms with Gasteiger partial charge in [-0.2, -0.15) is 4.31 Å². The second-order valence-corrected chi connectivity index (χ2v) is 6.67. The van der Waals surface area contributed by atoms with Crippen molar-refractivity contribution in [3.8, 4) is 0 Å². The van der Waals surface area contributed by atoms with E-state index in [-0.39, 0.29) is 17.7 Å². The lowest BCUT2D eigenvalue weighted by Crippen LogP contribution is -2.42. The van der Waals surface area contributed by atoms with E-state index in [1.165, 1.54) is 4.31 Å². The number of nitrogens with zero attached hydrogens (tertiary/aromatic N) is 1. The molecule has 0 aliphatic heterocycles. The lowest BCUT2D eigenvalue weighted by atomic mass is 10.2. The van der Waals surface area contributed by atoms with Crippen molar-refractivity contribution in [2.24, 2.45) is 5.92 Å². The van der Waals surface area contributed by atoms with E-state index in [1.807, 2.05) is 20.8 Å². The number of ether oxygens (including phenoxy) is 1. The normalized spacial score (nSPS) is 16.1. The third-order valence-corrected chi connectivity index (χ3v) is 5.49. The van der Waals surface area contributed by atoms with Gasteiger partial charge >= 0.3 is 0 Å². The molecule has 104 valence electrons.